The molecule has 0 radical (unpaired) electrons. The van der Waals surface area contributed by atoms with Crippen molar-refractivity contribution in [3.63, 3.8) is 0 Å². The van der Waals surface area contributed by atoms with Crippen molar-refractivity contribution < 1.29 is 19.2 Å². The first-order chi connectivity index (χ1) is 12.2. The molecule has 2 heterocycles. The van der Waals surface area contributed by atoms with E-state index in [2.05, 4.69) is 15.6 Å². The van der Waals surface area contributed by atoms with Crippen molar-refractivity contribution in [3.05, 3.63) is 42.1 Å². The highest BCUT2D eigenvalue weighted by molar-refractivity contribution is 8.14. The van der Waals surface area contributed by atoms with E-state index < -0.39 is 0 Å². The summed E-state index contributed by atoms with van der Waals surface area (Å²) in [4.78, 5) is 17.4. The maximum absolute atomic E-state index is 11.9. The fourth-order valence-electron chi connectivity index (χ4n) is 2.34. The Bertz CT molecular complexity index is 734. The normalized spacial score (nSPS) is 14.8. The molecule has 1 aromatic carbocycles. The Balaban J connectivity index is 0.00000243. The molecule has 0 amide bonds. The molecule has 2 aromatic rings. The fraction of sp³-hybridized carbons (Fsp3) is 0.375. The number of nitrogens with zero attached hydrogens (tertiary/aromatic N) is 4. The van der Waals surface area contributed by atoms with Gasteiger partial charge in [-0.05, 0) is 12.3 Å². The van der Waals surface area contributed by atoms with Crippen molar-refractivity contribution in [2.75, 3.05) is 36.9 Å². The third-order valence-corrected chi connectivity index (χ3v) is 4.53. The number of benzene rings is 1. The van der Waals surface area contributed by atoms with Crippen molar-refractivity contribution in [3.8, 4) is 0 Å². The van der Waals surface area contributed by atoms with Crippen LogP contribution in [0.25, 0.3) is 0 Å². The van der Waals surface area contributed by atoms with E-state index in [0.717, 1.165) is 37.9 Å². The first-order valence-corrected chi connectivity index (χ1v) is 9.02. The van der Waals surface area contributed by atoms with Gasteiger partial charge in [-0.1, -0.05) is 42.1 Å². The predicted molar refractivity (Wildman–Crippen MR) is 99.7 cm³/mol. The van der Waals surface area contributed by atoms with Gasteiger partial charge < -0.3 is 10.4 Å². The summed E-state index contributed by atoms with van der Waals surface area (Å²) in [5, 5.41) is 21.0. The number of carbonyl (C=O) groups excluding carboxylic acids is 1. The number of aromatic nitrogens is 2. The zero-order valence-corrected chi connectivity index (χ0v) is 15.7. The molecule has 0 bridgehead atoms. The zero-order valence-electron chi connectivity index (χ0n) is 14.0. The van der Waals surface area contributed by atoms with Crippen LogP contribution in [0.1, 0.15) is 16.8 Å². The maximum atomic E-state index is 11.9. The van der Waals surface area contributed by atoms with E-state index in [1.54, 1.807) is 23.1 Å². The molecule has 1 aliphatic rings. The van der Waals surface area contributed by atoms with E-state index in [-0.39, 0.29) is 35.7 Å². The second kappa shape index (κ2) is 10.1. The van der Waals surface area contributed by atoms with Crippen LogP contribution in [0.3, 0.4) is 0 Å². The first kappa shape index (κ1) is 20.2. The van der Waals surface area contributed by atoms with E-state index >= 15 is 0 Å². The lowest BCUT2D eigenvalue weighted by atomic mass is 10.2. The topological polar surface area (TPSA) is 97.7 Å². The molecular formula is C16H20ClN5O3S. The second-order valence-corrected chi connectivity index (χ2v) is 6.49. The highest BCUT2D eigenvalue weighted by atomic mass is 35.5. The average Bonchev–Trinajstić information content (AvgIpc) is 3.11. The monoisotopic (exact) mass is 397 g/mol. The van der Waals surface area contributed by atoms with Gasteiger partial charge in [-0.3, -0.25) is 9.32 Å². The standard InChI is InChI=1S/C16H19N5O3S.ClH/c22-14(6-11-25-16(23)13-4-2-1-3-5-13)18-15-12-21(19-24-15)20-9-7-17-8-10-20;/h1-5,12,17H,6-11H2;1H. The molecule has 10 heteroatoms. The first-order valence-electron chi connectivity index (χ1n) is 8.04. The van der Waals surface area contributed by atoms with Crippen LogP contribution in [0.15, 0.2) is 46.0 Å². The summed E-state index contributed by atoms with van der Waals surface area (Å²) in [7, 11) is 0. The zero-order chi connectivity index (χ0) is 17.5. The molecule has 1 saturated heterocycles. The fourth-order valence-corrected chi connectivity index (χ4v) is 3.10. The Labute approximate surface area is 161 Å². The van der Waals surface area contributed by atoms with E-state index in [1.807, 2.05) is 23.2 Å². The van der Waals surface area contributed by atoms with Gasteiger partial charge in [-0.25, -0.2) is 4.99 Å². The summed E-state index contributed by atoms with van der Waals surface area (Å²) >= 11 is 1.11. The summed E-state index contributed by atoms with van der Waals surface area (Å²) in [6, 6.07) is 8.99. The lowest BCUT2D eigenvalue weighted by molar-refractivity contribution is -0.758. The van der Waals surface area contributed by atoms with Crippen molar-refractivity contribution in [1.82, 2.24) is 10.6 Å². The van der Waals surface area contributed by atoms with Crippen molar-refractivity contribution in [2.24, 2.45) is 4.99 Å². The summed E-state index contributed by atoms with van der Waals surface area (Å²) in [6.45, 7) is 3.36. The number of thioether (sulfide) groups is 1. The highest BCUT2D eigenvalue weighted by Gasteiger charge is 2.21. The number of aliphatic imine (C=N–C) groups is 1. The smallest absolute Gasteiger partial charge is 0.324 e. The number of carbonyl (C=O) groups is 1. The van der Waals surface area contributed by atoms with Gasteiger partial charge in [0.2, 0.25) is 10.4 Å². The van der Waals surface area contributed by atoms with Gasteiger partial charge in [0.05, 0.1) is 17.9 Å². The summed E-state index contributed by atoms with van der Waals surface area (Å²) in [5.74, 6) is 0.210. The van der Waals surface area contributed by atoms with Crippen LogP contribution in [0.4, 0.5) is 5.88 Å². The molecule has 1 aliphatic heterocycles. The molecule has 0 atom stereocenters. The Morgan fingerprint density at radius 2 is 2.08 bits per heavy atom. The van der Waals surface area contributed by atoms with Crippen LogP contribution in [-0.2, 0) is 0 Å². The lowest BCUT2D eigenvalue weighted by Gasteiger charge is -2.19. The molecule has 0 aliphatic carbocycles. The molecule has 0 unspecified atom stereocenters. The molecule has 8 nitrogen and oxygen atoms in total. The number of hydrogen-bond donors (Lipinski definition) is 1. The minimum absolute atomic E-state index is 0. The second-order valence-electron chi connectivity index (χ2n) is 5.42. The molecular weight excluding hydrogens is 378 g/mol. The third-order valence-electron chi connectivity index (χ3n) is 3.62. The van der Waals surface area contributed by atoms with Crippen LogP contribution in [-0.4, -0.2) is 48.2 Å². The lowest BCUT2D eigenvalue weighted by Crippen LogP contribution is -2.64. The molecule has 0 spiro atoms. The van der Waals surface area contributed by atoms with Gasteiger partial charge in [-0.2, -0.15) is 5.01 Å². The van der Waals surface area contributed by atoms with E-state index in [1.165, 1.54) is 0 Å². The number of halogens is 1. The van der Waals surface area contributed by atoms with Crippen LogP contribution >= 0.6 is 24.2 Å². The van der Waals surface area contributed by atoms with Crippen molar-refractivity contribution >= 4 is 41.1 Å². The Morgan fingerprint density at radius 1 is 1.35 bits per heavy atom. The Hall–Kier alpha value is -2.10. The van der Waals surface area contributed by atoms with Crippen LogP contribution < -0.4 is 20.2 Å². The molecule has 3 rings (SSSR count). The van der Waals surface area contributed by atoms with Gasteiger partial charge in [-0.15, -0.1) is 12.4 Å². The average molecular weight is 398 g/mol. The van der Waals surface area contributed by atoms with Gasteiger partial charge in [0.15, 0.2) is 0 Å². The molecule has 1 fully saturated rings. The Kier molecular flexibility index (Phi) is 7.89. The number of nitrogens with one attached hydrogen (secondary N) is 1. The van der Waals surface area contributed by atoms with Crippen LogP contribution in [0, 0.1) is 0 Å². The number of hydrogen-bond acceptors (Lipinski definition) is 8. The Morgan fingerprint density at radius 3 is 2.81 bits per heavy atom. The molecule has 140 valence electrons. The van der Waals surface area contributed by atoms with Gasteiger partial charge >= 0.3 is 5.88 Å². The van der Waals surface area contributed by atoms with Crippen molar-refractivity contribution in [1.29, 1.82) is 0 Å². The summed E-state index contributed by atoms with van der Waals surface area (Å²) in [5.41, 5.74) is 0.629. The van der Waals surface area contributed by atoms with Crippen LogP contribution in [0.2, 0.25) is 0 Å². The molecule has 1 N–H and O–H groups in total. The maximum Gasteiger partial charge on any atom is 0.324 e. The highest BCUT2D eigenvalue weighted by Crippen LogP contribution is 2.14. The molecule has 0 saturated carbocycles. The molecule has 1 aromatic heterocycles. The minimum atomic E-state index is -0.336. The van der Waals surface area contributed by atoms with E-state index in [9.17, 15) is 9.90 Å². The number of rotatable bonds is 6. The third kappa shape index (κ3) is 5.72. The summed E-state index contributed by atoms with van der Waals surface area (Å²) < 4.78 is 5.07. The van der Waals surface area contributed by atoms with Crippen molar-refractivity contribution in [2.45, 2.75) is 6.42 Å². The quantitative estimate of drug-likeness (QED) is 0.424. The van der Waals surface area contributed by atoms with Gasteiger partial charge in [0.25, 0.3) is 6.20 Å². The van der Waals surface area contributed by atoms with Crippen LogP contribution in [0.5, 0.6) is 0 Å². The van der Waals surface area contributed by atoms with E-state index in [0.29, 0.717) is 11.3 Å². The van der Waals surface area contributed by atoms with Gasteiger partial charge in [0.1, 0.15) is 0 Å². The minimum Gasteiger partial charge on any atom is -0.862 e. The summed E-state index contributed by atoms with van der Waals surface area (Å²) in [6.07, 6.45) is 1.75. The number of piperazine rings is 1. The molecule has 26 heavy (non-hydrogen) atoms. The largest absolute Gasteiger partial charge is 0.862 e. The van der Waals surface area contributed by atoms with Gasteiger partial charge in [0, 0.05) is 24.4 Å². The van der Waals surface area contributed by atoms with E-state index in [4.69, 9.17) is 4.52 Å². The predicted octanol–water partition coefficient (Wildman–Crippen LogP) is 0.279. The SMILES string of the molecule is Cl.O=C(SCCC([O-])=Nc1c[n+](N2CCNCC2)no1)c1ccccc1.